The van der Waals surface area contributed by atoms with E-state index in [0.29, 0.717) is 0 Å². The quantitative estimate of drug-likeness (QED) is 0.908. The van der Waals surface area contributed by atoms with E-state index in [1.165, 1.54) is 28.1 Å². The van der Waals surface area contributed by atoms with Crippen LogP contribution < -0.4 is 5.32 Å². The average Bonchev–Trinajstić information content (AvgIpc) is 2.62. The van der Waals surface area contributed by atoms with E-state index >= 15 is 0 Å². The lowest BCUT2D eigenvalue weighted by atomic mass is 10.1. The van der Waals surface area contributed by atoms with Crippen LogP contribution in [0.4, 0.5) is 5.69 Å². The summed E-state index contributed by atoms with van der Waals surface area (Å²) >= 11 is 0. The molecule has 2 rings (SSSR count). The average molecular weight is 257 g/mol. The standard InChI is InChI=1S/C16H23N3/c1-6-14-9-7-8-11(2)16(14)17-10-15-12(3)18-19(5)13(15)4/h7-9,17H,6,10H2,1-5H3. The Hall–Kier alpha value is -1.77. The Balaban J connectivity index is 2.24. The Kier molecular flexibility index (Phi) is 3.93. The van der Waals surface area contributed by atoms with Gasteiger partial charge in [-0.2, -0.15) is 5.10 Å². The molecular weight excluding hydrogens is 234 g/mol. The first-order chi connectivity index (χ1) is 9.04. The molecule has 1 heterocycles. The molecule has 0 unspecified atom stereocenters. The van der Waals surface area contributed by atoms with Gasteiger partial charge in [0.2, 0.25) is 0 Å². The third-order valence-corrected chi connectivity index (χ3v) is 3.84. The SMILES string of the molecule is CCc1cccc(C)c1NCc1c(C)nn(C)c1C. The van der Waals surface area contributed by atoms with Crippen LogP contribution in [0.3, 0.4) is 0 Å². The zero-order valence-corrected chi connectivity index (χ0v) is 12.5. The second-order valence-electron chi connectivity index (χ2n) is 5.09. The minimum atomic E-state index is 0.837. The van der Waals surface area contributed by atoms with E-state index in [1.54, 1.807) is 0 Å². The summed E-state index contributed by atoms with van der Waals surface area (Å²) in [5.41, 5.74) is 7.59. The van der Waals surface area contributed by atoms with Gasteiger partial charge in [0.05, 0.1) is 5.69 Å². The first-order valence-corrected chi connectivity index (χ1v) is 6.86. The maximum Gasteiger partial charge on any atom is 0.0646 e. The molecule has 0 aliphatic heterocycles. The summed E-state index contributed by atoms with van der Waals surface area (Å²) in [4.78, 5) is 0. The summed E-state index contributed by atoms with van der Waals surface area (Å²) in [6.45, 7) is 9.38. The summed E-state index contributed by atoms with van der Waals surface area (Å²) in [6, 6.07) is 6.47. The smallest absolute Gasteiger partial charge is 0.0646 e. The van der Waals surface area contributed by atoms with Crippen molar-refractivity contribution in [1.29, 1.82) is 0 Å². The molecule has 0 aliphatic rings. The minimum absolute atomic E-state index is 0.837. The summed E-state index contributed by atoms with van der Waals surface area (Å²) in [6.07, 6.45) is 1.05. The molecule has 102 valence electrons. The van der Waals surface area contributed by atoms with Gasteiger partial charge in [0.25, 0.3) is 0 Å². The number of aromatic nitrogens is 2. The van der Waals surface area contributed by atoms with Gasteiger partial charge >= 0.3 is 0 Å². The highest BCUT2D eigenvalue weighted by atomic mass is 15.3. The maximum absolute atomic E-state index is 4.46. The predicted molar refractivity (Wildman–Crippen MR) is 80.6 cm³/mol. The van der Waals surface area contributed by atoms with Crippen LogP contribution in [-0.2, 0) is 20.0 Å². The molecule has 0 bridgehead atoms. The normalized spacial score (nSPS) is 10.8. The van der Waals surface area contributed by atoms with Crippen molar-refractivity contribution < 1.29 is 0 Å². The van der Waals surface area contributed by atoms with Crippen molar-refractivity contribution in [2.75, 3.05) is 5.32 Å². The van der Waals surface area contributed by atoms with E-state index < -0.39 is 0 Å². The van der Waals surface area contributed by atoms with E-state index in [9.17, 15) is 0 Å². The number of nitrogens with one attached hydrogen (secondary N) is 1. The van der Waals surface area contributed by atoms with Crippen LogP contribution in [0.15, 0.2) is 18.2 Å². The number of hydrogen-bond acceptors (Lipinski definition) is 2. The molecule has 0 amide bonds. The van der Waals surface area contributed by atoms with Gasteiger partial charge in [0.15, 0.2) is 0 Å². The molecule has 1 aromatic carbocycles. The summed E-state index contributed by atoms with van der Waals surface area (Å²) in [5, 5.41) is 8.05. The topological polar surface area (TPSA) is 29.9 Å². The lowest BCUT2D eigenvalue weighted by Crippen LogP contribution is -2.06. The van der Waals surface area contributed by atoms with Crippen molar-refractivity contribution in [2.45, 2.75) is 40.7 Å². The Morgan fingerprint density at radius 2 is 1.95 bits per heavy atom. The highest BCUT2D eigenvalue weighted by molar-refractivity contribution is 5.57. The van der Waals surface area contributed by atoms with Crippen LogP contribution in [0.5, 0.6) is 0 Å². The molecule has 0 saturated carbocycles. The lowest BCUT2D eigenvalue weighted by Gasteiger charge is -2.14. The van der Waals surface area contributed by atoms with E-state index in [4.69, 9.17) is 0 Å². The Labute approximate surface area is 115 Å². The largest absolute Gasteiger partial charge is 0.380 e. The lowest BCUT2D eigenvalue weighted by molar-refractivity contribution is 0.730. The molecule has 0 fully saturated rings. The molecule has 3 nitrogen and oxygen atoms in total. The maximum atomic E-state index is 4.46. The van der Waals surface area contributed by atoms with Crippen molar-refractivity contribution in [3.63, 3.8) is 0 Å². The molecule has 3 heteroatoms. The molecule has 1 aromatic heterocycles. The van der Waals surface area contributed by atoms with Gasteiger partial charge in [-0.05, 0) is 38.3 Å². The van der Waals surface area contributed by atoms with Crippen LogP contribution in [0.2, 0.25) is 0 Å². The number of rotatable bonds is 4. The van der Waals surface area contributed by atoms with Gasteiger partial charge in [0, 0.05) is 30.5 Å². The molecule has 0 aliphatic carbocycles. The molecule has 0 radical (unpaired) electrons. The van der Waals surface area contributed by atoms with Gasteiger partial charge in [-0.15, -0.1) is 0 Å². The summed E-state index contributed by atoms with van der Waals surface area (Å²) in [7, 11) is 2.00. The van der Waals surface area contributed by atoms with Crippen molar-refractivity contribution in [3.8, 4) is 0 Å². The fourth-order valence-corrected chi connectivity index (χ4v) is 2.53. The second-order valence-corrected chi connectivity index (χ2v) is 5.09. The van der Waals surface area contributed by atoms with E-state index in [-0.39, 0.29) is 0 Å². The van der Waals surface area contributed by atoms with E-state index in [0.717, 1.165) is 18.7 Å². The van der Waals surface area contributed by atoms with E-state index in [2.05, 4.69) is 56.3 Å². The van der Waals surface area contributed by atoms with Crippen LogP contribution in [0.1, 0.15) is 35.0 Å². The van der Waals surface area contributed by atoms with Crippen molar-refractivity contribution in [1.82, 2.24) is 9.78 Å². The van der Waals surface area contributed by atoms with Crippen molar-refractivity contribution >= 4 is 5.69 Å². The highest BCUT2D eigenvalue weighted by Gasteiger charge is 2.10. The Bertz CT molecular complexity index is 582. The first-order valence-electron chi connectivity index (χ1n) is 6.86. The van der Waals surface area contributed by atoms with Crippen LogP contribution in [-0.4, -0.2) is 9.78 Å². The Morgan fingerprint density at radius 3 is 2.53 bits per heavy atom. The number of nitrogens with zero attached hydrogens (tertiary/aromatic N) is 2. The van der Waals surface area contributed by atoms with E-state index in [1.807, 2.05) is 11.7 Å². The van der Waals surface area contributed by atoms with Crippen LogP contribution in [0.25, 0.3) is 0 Å². The number of hydrogen-bond donors (Lipinski definition) is 1. The van der Waals surface area contributed by atoms with Crippen LogP contribution in [0, 0.1) is 20.8 Å². The molecule has 0 saturated heterocycles. The van der Waals surface area contributed by atoms with Crippen molar-refractivity contribution in [2.24, 2.45) is 7.05 Å². The summed E-state index contributed by atoms with van der Waals surface area (Å²) < 4.78 is 1.95. The predicted octanol–water partition coefficient (Wildman–Crippen LogP) is 3.52. The van der Waals surface area contributed by atoms with Gasteiger partial charge < -0.3 is 5.32 Å². The van der Waals surface area contributed by atoms with Gasteiger partial charge in [-0.1, -0.05) is 25.1 Å². The fourth-order valence-electron chi connectivity index (χ4n) is 2.53. The monoisotopic (exact) mass is 257 g/mol. The van der Waals surface area contributed by atoms with Gasteiger partial charge in [-0.3, -0.25) is 4.68 Å². The number of aryl methyl sites for hydroxylation is 4. The summed E-state index contributed by atoms with van der Waals surface area (Å²) in [5.74, 6) is 0. The number of benzene rings is 1. The molecule has 19 heavy (non-hydrogen) atoms. The third kappa shape index (κ3) is 2.65. The molecule has 2 aromatic rings. The molecular formula is C16H23N3. The molecule has 0 spiro atoms. The number of anilines is 1. The Morgan fingerprint density at radius 1 is 1.21 bits per heavy atom. The fraction of sp³-hybridized carbons (Fsp3) is 0.438. The van der Waals surface area contributed by atoms with Gasteiger partial charge in [-0.25, -0.2) is 0 Å². The zero-order chi connectivity index (χ0) is 14.0. The van der Waals surface area contributed by atoms with Gasteiger partial charge in [0.1, 0.15) is 0 Å². The van der Waals surface area contributed by atoms with Crippen LogP contribution >= 0.6 is 0 Å². The third-order valence-electron chi connectivity index (χ3n) is 3.84. The second kappa shape index (κ2) is 5.47. The van der Waals surface area contributed by atoms with Crippen molar-refractivity contribution in [3.05, 3.63) is 46.3 Å². The zero-order valence-electron chi connectivity index (χ0n) is 12.5. The highest BCUT2D eigenvalue weighted by Crippen LogP contribution is 2.23. The minimum Gasteiger partial charge on any atom is -0.380 e. The number of para-hydroxylation sites is 1. The molecule has 1 N–H and O–H groups in total. The first kappa shape index (κ1) is 13.7. The molecule has 0 atom stereocenters.